The van der Waals surface area contributed by atoms with Crippen LogP contribution >= 0.6 is 0 Å². The summed E-state index contributed by atoms with van der Waals surface area (Å²) in [4.78, 5) is 3.88. The number of fused-ring (bicyclic) bond motifs is 7. The van der Waals surface area contributed by atoms with Gasteiger partial charge >= 0.3 is 0 Å². The van der Waals surface area contributed by atoms with Gasteiger partial charge in [-0.15, -0.1) is 0 Å². The molecule has 2 heterocycles. The first-order valence-corrected chi connectivity index (χ1v) is 9.85. The van der Waals surface area contributed by atoms with Crippen LogP contribution in [-0.2, 0) is 17.8 Å². The van der Waals surface area contributed by atoms with Crippen molar-refractivity contribution < 1.29 is 8.95 Å². The zero-order chi connectivity index (χ0) is 18.0. The van der Waals surface area contributed by atoms with Crippen molar-refractivity contribution in [1.82, 2.24) is 9.47 Å². The fourth-order valence-corrected chi connectivity index (χ4v) is 5.54. The van der Waals surface area contributed by atoms with Crippen molar-refractivity contribution in [3.05, 3.63) is 59.9 Å². The molecule has 3 aromatic rings. The molecule has 4 nitrogen and oxygen atoms in total. The van der Waals surface area contributed by atoms with Crippen molar-refractivity contribution in [3.8, 4) is 5.75 Å². The predicted molar refractivity (Wildman–Crippen MR) is 104 cm³/mol. The smallest absolute Gasteiger partial charge is 0.144 e. The quantitative estimate of drug-likeness (QED) is 0.702. The van der Waals surface area contributed by atoms with Crippen LogP contribution in [0.15, 0.2) is 58.5 Å². The number of aryl methyl sites for hydroxylation is 1. The van der Waals surface area contributed by atoms with E-state index in [1.165, 1.54) is 16.8 Å². The van der Waals surface area contributed by atoms with Crippen LogP contribution in [0.3, 0.4) is 0 Å². The minimum Gasteiger partial charge on any atom is -0.495 e. The maximum Gasteiger partial charge on any atom is 0.144 e. The summed E-state index contributed by atoms with van der Waals surface area (Å²) < 4.78 is 21.1. The Balaban J connectivity index is 1.77. The zero-order valence-electron chi connectivity index (χ0n) is 15.0. The summed E-state index contributed by atoms with van der Waals surface area (Å²) in [6, 6.07) is 14.0. The summed E-state index contributed by atoms with van der Waals surface area (Å²) in [5.41, 5.74) is 5.09. The van der Waals surface area contributed by atoms with Crippen LogP contribution < -0.4 is 4.74 Å². The molecule has 2 aliphatic rings. The van der Waals surface area contributed by atoms with Crippen LogP contribution in [0.4, 0.5) is 0 Å². The Hall–Kier alpha value is -2.53. The lowest BCUT2D eigenvalue weighted by atomic mass is 10.1. The van der Waals surface area contributed by atoms with Crippen molar-refractivity contribution in [1.29, 1.82) is 0 Å². The number of benzene rings is 2. The van der Waals surface area contributed by atoms with E-state index in [4.69, 9.17) is 4.74 Å². The van der Waals surface area contributed by atoms with Crippen molar-refractivity contribution in [2.45, 2.75) is 22.3 Å². The van der Waals surface area contributed by atoms with Gasteiger partial charge < -0.3 is 14.2 Å². The molecule has 1 aliphatic heterocycles. The molecule has 0 N–H and O–H groups in total. The second kappa shape index (κ2) is 5.48. The number of ether oxygens (including phenoxy) is 1. The van der Waals surface area contributed by atoms with E-state index in [1.807, 2.05) is 36.4 Å². The van der Waals surface area contributed by atoms with Crippen LogP contribution in [0.2, 0.25) is 0 Å². The van der Waals surface area contributed by atoms with E-state index in [0.717, 1.165) is 32.9 Å². The molecule has 0 spiro atoms. The average molecular weight is 364 g/mol. The second-order valence-electron chi connectivity index (χ2n) is 6.96. The van der Waals surface area contributed by atoms with E-state index in [2.05, 4.69) is 35.8 Å². The molecule has 1 aliphatic carbocycles. The summed E-state index contributed by atoms with van der Waals surface area (Å²) in [7, 11) is 4.68. The Labute approximate surface area is 155 Å². The number of hydrogen-bond donors (Lipinski definition) is 0. The lowest BCUT2D eigenvalue weighted by Crippen LogP contribution is -2.14. The summed E-state index contributed by atoms with van der Waals surface area (Å²) in [5.74, 6) is 0.779. The van der Waals surface area contributed by atoms with Gasteiger partial charge in [-0.05, 0) is 29.8 Å². The minimum atomic E-state index is -1.23. The van der Waals surface area contributed by atoms with Crippen LogP contribution in [0.5, 0.6) is 5.75 Å². The topological polar surface area (TPSA) is 34.5 Å². The molecule has 0 fully saturated rings. The molecule has 0 saturated carbocycles. The van der Waals surface area contributed by atoms with Gasteiger partial charge in [-0.2, -0.15) is 0 Å². The first-order valence-electron chi connectivity index (χ1n) is 8.70. The molecule has 5 rings (SSSR count). The molecule has 2 bridgehead atoms. The van der Waals surface area contributed by atoms with Crippen molar-refractivity contribution in [3.63, 3.8) is 0 Å². The Morgan fingerprint density at radius 1 is 1.12 bits per heavy atom. The lowest BCUT2D eigenvalue weighted by molar-refractivity contribution is 0.372. The maximum atomic E-state index is 13.1. The molecule has 2 unspecified atom stereocenters. The van der Waals surface area contributed by atoms with Crippen molar-refractivity contribution >= 4 is 27.3 Å². The number of rotatable bonds is 3. The third-order valence-electron chi connectivity index (χ3n) is 5.56. The van der Waals surface area contributed by atoms with Crippen LogP contribution in [0.1, 0.15) is 23.7 Å². The maximum absolute atomic E-state index is 13.1. The predicted octanol–water partition coefficient (Wildman–Crippen LogP) is 4.08. The van der Waals surface area contributed by atoms with Gasteiger partial charge in [0.2, 0.25) is 0 Å². The summed E-state index contributed by atoms with van der Waals surface area (Å²) in [5, 5.41) is 1.15. The van der Waals surface area contributed by atoms with Gasteiger partial charge in [-0.3, -0.25) is 0 Å². The highest BCUT2D eigenvalue weighted by atomic mass is 32.2. The van der Waals surface area contributed by atoms with E-state index >= 15 is 0 Å². The Kier molecular flexibility index (Phi) is 3.31. The molecular weight excluding hydrogens is 344 g/mol. The fourth-order valence-electron chi connectivity index (χ4n) is 4.43. The molecular formula is C21H20N2O2S. The average Bonchev–Trinajstić information content (AvgIpc) is 3.31. The van der Waals surface area contributed by atoms with E-state index in [9.17, 15) is 4.21 Å². The van der Waals surface area contributed by atoms with E-state index in [-0.39, 0.29) is 0 Å². The number of aromatic nitrogens is 1. The van der Waals surface area contributed by atoms with Gasteiger partial charge in [0.15, 0.2) is 0 Å². The largest absolute Gasteiger partial charge is 0.495 e. The zero-order valence-corrected chi connectivity index (χ0v) is 15.8. The van der Waals surface area contributed by atoms with Gasteiger partial charge in [-0.1, -0.05) is 18.2 Å². The molecule has 132 valence electrons. The number of hydrogen-bond acceptors (Lipinski definition) is 3. The van der Waals surface area contributed by atoms with Gasteiger partial charge in [0.1, 0.15) is 5.75 Å². The van der Waals surface area contributed by atoms with E-state index in [1.54, 1.807) is 7.11 Å². The first-order chi connectivity index (χ1) is 12.6. The highest BCUT2D eigenvalue weighted by Crippen LogP contribution is 2.53. The molecule has 0 amide bonds. The molecule has 2 atom stereocenters. The molecule has 5 heteroatoms. The molecule has 2 aromatic carbocycles. The molecule has 1 aromatic heterocycles. The Morgan fingerprint density at radius 2 is 1.88 bits per heavy atom. The monoisotopic (exact) mass is 364 g/mol. The van der Waals surface area contributed by atoms with Crippen LogP contribution in [0.25, 0.3) is 16.5 Å². The molecule has 0 radical (unpaired) electrons. The van der Waals surface area contributed by atoms with Gasteiger partial charge in [0.25, 0.3) is 0 Å². The van der Waals surface area contributed by atoms with Gasteiger partial charge in [-0.25, -0.2) is 4.21 Å². The third-order valence-corrected chi connectivity index (χ3v) is 6.92. The second-order valence-corrected chi connectivity index (χ2v) is 8.44. The SMILES string of the molecule is COc1cc(S(=O)c2ccccc2)cc2c3c(n(C)c12)C1=CN(C)C3C1. The number of methoxy groups -OCH3 is 1. The summed E-state index contributed by atoms with van der Waals surface area (Å²) >= 11 is 0. The normalized spacial score (nSPS) is 19.0. The summed E-state index contributed by atoms with van der Waals surface area (Å²) in [6.45, 7) is 0. The Morgan fingerprint density at radius 3 is 2.62 bits per heavy atom. The van der Waals surface area contributed by atoms with E-state index < -0.39 is 10.8 Å². The van der Waals surface area contributed by atoms with Gasteiger partial charge in [0, 0.05) is 47.5 Å². The van der Waals surface area contributed by atoms with Crippen molar-refractivity contribution in [2.24, 2.45) is 7.05 Å². The third kappa shape index (κ3) is 1.98. The highest BCUT2D eigenvalue weighted by molar-refractivity contribution is 7.85. The highest BCUT2D eigenvalue weighted by Gasteiger charge is 2.39. The lowest BCUT2D eigenvalue weighted by Gasteiger charge is -2.21. The minimum absolute atomic E-state index is 0.369. The molecule has 26 heavy (non-hydrogen) atoms. The van der Waals surface area contributed by atoms with Gasteiger partial charge in [0.05, 0.1) is 35.2 Å². The Bertz CT molecular complexity index is 1100. The van der Waals surface area contributed by atoms with Crippen LogP contribution in [-0.4, -0.2) is 27.8 Å². The first kappa shape index (κ1) is 15.7. The standard InChI is InChI=1S/C21H20N2O2S/c1-22-12-13-9-17(22)19-16-10-15(26(24)14-7-5-4-6-8-14)11-18(25-3)21(16)23(2)20(13)19/h4-8,10-12,17H,9H2,1-3H3. The van der Waals surface area contributed by atoms with E-state index in [0.29, 0.717) is 6.04 Å². The summed E-state index contributed by atoms with van der Waals surface area (Å²) in [6.07, 6.45) is 3.29. The van der Waals surface area contributed by atoms with Crippen LogP contribution in [0, 0.1) is 0 Å². The molecule has 0 saturated heterocycles. The number of nitrogens with zero attached hydrogens (tertiary/aromatic N) is 2. The fraction of sp³-hybridized carbons (Fsp3) is 0.238. The van der Waals surface area contributed by atoms with Crippen molar-refractivity contribution in [2.75, 3.05) is 14.2 Å².